The second-order valence-electron chi connectivity index (χ2n) is 6.33. The van der Waals surface area contributed by atoms with Crippen LogP contribution in [0.5, 0.6) is 0 Å². The number of piperidine rings is 2. The van der Waals surface area contributed by atoms with Gasteiger partial charge in [0.25, 0.3) is 0 Å². The van der Waals surface area contributed by atoms with Gasteiger partial charge >= 0.3 is 0 Å². The average molecular weight is 262 g/mol. The van der Waals surface area contributed by atoms with Gasteiger partial charge in [0.1, 0.15) is 0 Å². The minimum absolute atomic E-state index is 0.686. The van der Waals surface area contributed by atoms with E-state index in [1.807, 2.05) is 17.9 Å². The Kier molecular flexibility index (Phi) is 3.63. The van der Waals surface area contributed by atoms with Crippen LogP contribution in [-0.2, 0) is 13.6 Å². The molecule has 3 rings (SSSR count). The Hall–Kier alpha value is -0.870. The van der Waals surface area contributed by atoms with Crippen LogP contribution < -0.4 is 5.32 Å². The third kappa shape index (κ3) is 2.56. The molecule has 2 bridgehead atoms. The SMILES string of the molecule is Cc1c(CNC2CC3CCCC(C2)N3C)cnn1C. The quantitative estimate of drug-likeness (QED) is 0.902. The molecule has 0 aliphatic carbocycles. The van der Waals surface area contributed by atoms with Gasteiger partial charge in [-0.1, -0.05) is 6.42 Å². The van der Waals surface area contributed by atoms with Gasteiger partial charge in [-0.2, -0.15) is 5.10 Å². The lowest BCUT2D eigenvalue weighted by atomic mass is 9.82. The molecule has 2 fully saturated rings. The first-order valence-electron chi connectivity index (χ1n) is 7.58. The molecule has 1 aromatic heterocycles. The van der Waals surface area contributed by atoms with Crippen LogP contribution in [0.1, 0.15) is 43.4 Å². The van der Waals surface area contributed by atoms with E-state index in [-0.39, 0.29) is 0 Å². The summed E-state index contributed by atoms with van der Waals surface area (Å²) in [5.41, 5.74) is 2.62. The zero-order valence-corrected chi connectivity index (χ0v) is 12.4. The van der Waals surface area contributed by atoms with E-state index in [0.29, 0.717) is 6.04 Å². The normalized spacial score (nSPS) is 31.6. The van der Waals surface area contributed by atoms with E-state index in [9.17, 15) is 0 Å². The molecule has 1 aromatic rings. The third-order valence-electron chi connectivity index (χ3n) is 5.26. The number of fused-ring (bicyclic) bond motifs is 2. The Labute approximate surface area is 116 Å². The van der Waals surface area contributed by atoms with Gasteiger partial charge in [0.05, 0.1) is 6.20 Å². The second kappa shape index (κ2) is 5.25. The largest absolute Gasteiger partial charge is 0.310 e. The van der Waals surface area contributed by atoms with Gasteiger partial charge < -0.3 is 10.2 Å². The maximum absolute atomic E-state index is 4.32. The average Bonchev–Trinajstić information content (AvgIpc) is 2.68. The topological polar surface area (TPSA) is 33.1 Å². The Morgan fingerprint density at radius 2 is 1.95 bits per heavy atom. The maximum atomic E-state index is 4.32. The lowest BCUT2D eigenvalue weighted by molar-refractivity contribution is 0.0482. The molecule has 0 amide bonds. The van der Waals surface area contributed by atoms with E-state index in [2.05, 4.69) is 29.3 Å². The van der Waals surface area contributed by atoms with Crippen molar-refractivity contribution in [3.8, 4) is 0 Å². The molecular weight excluding hydrogens is 236 g/mol. The standard InChI is InChI=1S/C15H26N4/c1-11-12(10-17-19(11)3)9-16-13-7-14-5-4-6-15(8-13)18(14)2/h10,13-16H,4-9H2,1-3H3. The van der Waals surface area contributed by atoms with Gasteiger partial charge in [-0.15, -0.1) is 0 Å². The van der Waals surface area contributed by atoms with Crippen molar-refractivity contribution >= 4 is 0 Å². The Morgan fingerprint density at radius 3 is 2.53 bits per heavy atom. The molecule has 1 N–H and O–H groups in total. The molecule has 2 aliphatic rings. The van der Waals surface area contributed by atoms with Crippen molar-refractivity contribution < 1.29 is 0 Å². The first-order valence-corrected chi connectivity index (χ1v) is 7.58. The minimum Gasteiger partial charge on any atom is -0.310 e. The molecule has 2 aliphatic heterocycles. The molecule has 0 spiro atoms. The predicted molar refractivity (Wildman–Crippen MR) is 77.0 cm³/mol. The summed E-state index contributed by atoms with van der Waals surface area (Å²) in [6.45, 7) is 3.11. The first kappa shape index (κ1) is 13.1. The summed E-state index contributed by atoms with van der Waals surface area (Å²) in [6, 6.07) is 2.30. The summed E-state index contributed by atoms with van der Waals surface area (Å²) in [6.07, 6.45) is 8.82. The number of nitrogens with zero attached hydrogens (tertiary/aromatic N) is 3. The second-order valence-corrected chi connectivity index (χ2v) is 6.33. The van der Waals surface area contributed by atoms with E-state index >= 15 is 0 Å². The molecule has 19 heavy (non-hydrogen) atoms. The number of nitrogens with one attached hydrogen (secondary N) is 1. The highest BCUT2D eigenvalue weighted by molar-refractivity contribution is 5.15. The van der Waals surface area contributed by atoms with Crippen LogP contribution in [0.25, 0.3) is 0 Å². The highest BCUT2D eigenvalue weighted by atomic mass is 15.3. The Balaban J connectivity index is 1.58. The summed E-state index contributed by atoms with van der Waals surface area (Å²) in [7, 11) is 4.33. The van der Waals surface area contributed by atoms with Gasteiger partial charge in [-0.05, 0) is 39.7 Å². The Morgan fingerprint density at radius 1 is 1.26 bits per heavy atom. The van der Waals surface area contributed by atoms with E-state index < -0.39 is 0 Å². The van der Waals surface area contributed by atoms with Crippen LogP contribution in [-0.4, -0.2) is 39.9 Å². The smallest absolute Gasteiger partial charge is 0.0537 e. The molecule has 2 atom stereocenters. The van der Waals surface area contributed by atoms with Crippen molar-refractivity contribution in [2.24, 2.45) is 7.05 Å². The predicted octanol–water partition coefficient (Wildman–Crippen LogP) is 1.83. The van der Waals surface area contributed by atoms with E-state index in [0.717, 1.165) is 18.6 Å². The fourth-order valence-corrected chi connectivity index (χ4v) is 3.75. The number of hydrogen-bond acceptors (Lipinski definition) is 3. The van der Waals surface area contributed by atoms with Crippen molar-refractivity contribution in [1.29, 1.82) is 0 Å². The summed E-state index contributed by atoms with van der Waals surface area (Å²) in [4.78, 5) is 2.62. The fraction of sp³-hybridized carbons (Fsp3) is 0.800. The number of hydrogen-bond donors (Lipinski definition) is 1. The summed E-state index contributed by atoms with van der Waals surface area (Å²) < 4.78 is 1.96. The van der Waals surface area contributed by atoms with Crippen LogP contribution in [0.15, 0.2) is 6.20 Å². The monoisotopic (exact) mass is 262 g/mol. The lowest BCUT2D eigenvalue weighted by Crippen LogP contribution is -2.54. The third-order valence-corrected chi connectivity index (χ3v) is 5.26. The molecule has 3 heterocycles. The van der Waals surface area contributed by atoms with Crippen LogP contribution in [0.2, 0.25) is 0 Å². The van der Waals surface area contributed by atoms with Crippen LogP contribution in [0.4, 0.5) is 0 Å². The highest BCUT2D eigenvalue weighted by Crippen LogP contribution is 2.32. The molecule has 2 saturated heterocycles. The molecule has 0 aromatic carbocycles. The van der Waals surface area contributed by atoms with E-state index in [4.69, 9.17) is 0 Å². The number of aryl methyl sites for hydroxylation is 1. The zero-order valence-electron chi connectivity index (χ0n) is 12.4. The molecule has 4 heteroatoms. The summed E-state index contributed by atoms with van der Waals surface area (Å²) >= 11 is 0. The van der Waals surface area contributed by atoms with E-state index in [1.54, 1.807) is 0 Å². The van der Waals surface area contributed by atoms with Crippen molar-refractivity contribution in [1.82, 2.24) is 20.0 Å². The first-order chi connectivity index (χ1) is 9.15. The van der Waals surface area contributed by atoms with Crippen LogP contribution in [0, 0.1) is 6.92 Å². The van der Waals surface area contributed by atoms with E-state index in [1.165, 1.54) is 43.4 Å². The lowest BCUT2D eigenvalue weighted by Gasteiger charge is -2.47. The van der Waals surface area contributed by atoms with Crippen molar-refractivity contribution in [3.05, 3.63) is 17.5 Å². The number of rotatable bonds is 3. The molecule has 106 valence electrons. The van der Waals surface area contributed by atoms with Crippen molar-refractivity contribution in [3.63, 3.8) is 0 Å². The summed E-state index contributed by atoms with van der Waals surface area (Å²) in [5.74, 6) is 0. The van der Waals surface area contributed by atoms with Gasteiger partial charge in [0.15, 0.2) is 0 Å². The van der Waals surface area contributed by atoms with Crippen LogP contribution >= 0.6 is 0 Å². The molecule has 0 saturated carbocycles. The maximum Gasteiger partial charge on any atom is 0.0537 e. The minimum atomic E-state index is 0.686. The molecule has 2 unspecified atom stereocenters. The van der Waals surface area contributed by atoms with Crippen molar-refractivity contribution in [2.45, 2.75) is 63.7 Å². The molecule has 0 radical (unpaired) electrons. The highest BCUT2D eigenvalue weighted by Gasteiger charge is 2.35. The van der Waals surface area contributed by atoms with Gasteiger partial charge in [-0.3, -0.25) is 4.68 Å². The molecule has 4 nitrogen and oxygen atoms in total. The number of aromatic nitrogens is 2. The zero-order chi connectivity index (χ0) is 13.4. The van der Waals surface area contributed by atoms with Gasteiger partial charge in [0, 0.05) is 43.0 Å². The summed E-state index contributed by atoms with van der Waals surface area (Å²) in [5, 5.41) is 8.08. The fourth-order valence-electron chi connectivity index (χ4n) is 3.75. The van der Waals surface area contributed by atoms with Gasteiger partial charge in [0.2, 0.25) is 0 Å². The Bertz CT molecular complexity index is 425. The van der Waals surface area contributed by atoms with Gasteiger partial charge in [-0.25, -0.2) is 0 Å². The molecular formula is C15H26N4. The van der Waals surface area contributed by atoms with Crippen molar-refractivity contribution in [2.75, 3.05) is 7.05 Å². The van der Waals surface area contributed by atoms with Crippen LogP contribution in [0.3, 0.4) is 0 Å².